The minimum atomic E-state index is 0.0861. The fraction of sp³-hybridized carbons (Fsp3) is 0.400. The molecule has 1 saturated carbocycles. The van der Waals surface area contributed by atoms with E-state index in [4.69, 9.17) is 47.4 Å². The summed E-state index contributed by atoms with van der Waals surface area (Å²) in [7, 11) is 4.91. The smallest absolute Gasteiger partial charge is 0.237 e. The predicted molar refractivity (Wildman–Crippen MR) is 185 cm³/mol. The number of nitrogens with one attached hydrogen (secondary N) is 3. The highest BCUT2D eigenvalue weighted by Crippen LogP contribution is 2.42. The van der Waals surface area contributed by atoms with E-state index in [1.807, 2.05) is 36.4 Å². The summed E-state index contributed by atoms with van der Waals surface area (Å²) < 4.78 is 16.6. The summed E-state index contributed by atoms with van der Waals surface area (Å²) in [6, 6.07) is 11.6. The molecule has 0 spiro atoms. The fourth-order valence-corrected chi connectivity index (χ4v) is 6.77. The van der Waals surface area contributed by atoms with Crippen LogP contribution in [0.3, 0.4) is 0 Å². The molecule has 1 saturated heterocycles. The van der Waals surface area contributed by atoms with Gasteiger partial charge in [0.2, 0.25) is 17.7 Å². The number of carbonyl (C=O) groups excluding carboxylic acids is 1. The standard InChI is InChI=1S/C35H39Cl2N7O4/c1-46-22-12-20(13-22)14-38-16-29-34(47-2)43-27(18-40-29)25-8-4-6-23(32(25)36)24-7-5-9-26(33(24)37)28-19-41-30(35(44-28)48-3)17-39-15-21-10-11-31(45)42-21/h4-9,18-22,38-39H,10-17H2,1-3H3,(H,42,45)/t20-,21-,22-/m0/s1. The molecule has 0 radical (unpaired) electrons. The summed E-state index contributed by atoms with van der Waals surface area (Å²) in [4.78, 5) is 30.3. The first-order chi connectivity index (χ1) is 23.4. The Morgan fingerprint density at radius 3 is 1.79 bits per heavy atom. The molecule has 0 bridgehead atoms. The molecule has 11 nitrogen and oxygen atoms in total. The number of methoxy groups -OCH3 is 3. The maximum Gasteiger partial charge on any atom is 0.237 e. The first-order valence-electron chi connectivity index (χ1n) is 16.0. The van der Waals surface area contributed by atoms with Gasteiger partial charge in [0.25, 0.3) is 0 Å². The summed E-state index contributed by atoms with van der Waals surface area (Å²) in [5.41, 5.74) is 5.41. The highest BCUT2D eigenvalue weighted by molar-refractivity contribution is 6.39. The van der Waals surface area contributed by atoms with Crippen LogP contribution >= 0.6 is 23.2 Å². The molecular formula is C35H39Cl2N7O4. The van der Waals surface area contributed by atoms with Gasteiger partial charge in [0.05, 0.1) is 54.2 Å². The van der Waals surface area contributed by atoms with Crippen LogP contribution < -0.4 is 25.4 Å². The monoisotopic (exact) mass is 691 g/mol. The molecule has 0 unspecified atom stereocenters. The van der Waals surface area contributed by atoms with Crippen molar-refractivity contribution < 1.29 is 19.0 Å². The van der Waals surface area contributed by atoms with E-state index < -0.39 is 0 Å². The molecule has 2 aliphatic rings. The normalized spacial score (nSPS) is 18.8. The Labute approximate surface area is 290 Å². The van der Waals surface area contributed by atoms with E-state index >= 15 is 0 Å². The van der Waals surface area contributed by atoms with Crippen molar-refractivity contribution >= 4 is 29.1 Å². The van der Waals surface area contributed by atoms with E-state index in [-0.39, 0.29) is 11.9 Å². The molecule has 2 fully saturated rings. The van der Waals surface area contributed by atoms with Crippen LogP contribution in [0.4, 0.5) is 0 Å². The second kappa shape index (κ2) is 15.6. The predicted octanol–water partition coefficient (Wildman–Crippen LogP) is 5.47. The minimum Gasteiger partial charge on any atom is -0.480 e. The average Bonchev–Trinajstić information content (AvgIpc) is 3.51. The molecule has 1 aliphatic carbocycles. The first kappa shape index (κ1) is 34.0. The lowest BCUT2D eigenvalue weighted by molar-refractivity contribution is -0.119. The van der Waals surface area contributed by atoms with Gasteiger partial charge in [0.15, 0.2) is 0 Å². The SMILES string of the molecule is COc1nc(-c2cccc(-c3cccc(-c4cnc(CNC[C@H]5C[C@H](OC)C5)c(OC)n4)c3Cl)c2Cl)cnc1CNC[C@@H]1CCC(=O)N1. The molecule has 48 heavy (non-hydrogen) atoms. The van der Waals surface area contributed by atoms with Gasteiger partial charge in [0.1, 0.15) is 11.4 Å². The third-order valence-electron chi connectivity index (χ3n) is 8.87. The van der Waals surface area contributed by atoms with Gasteiger partial charge in [0, 0.05) is 61.5 Å². The van der Waals surface area contributed by atoms with Crippen LogP contribution in [0.1, 0.15) is 37.1 Å². The third kappa shape index (κ3) is 7.55. The topological polar surface area (TPSA) is 132 Å². The number of amides is 1. The lowest BCUT2D eigenvalue weighted by Crippen LogP contribution is -2.37. The summed E-state index contributed by atoms with van der Waals surface area (Å²) in [6.07, 6.45) is 7.29. The number of nitrogens with zero attached hydrogens (tertiary/aromatic N) is 4. The van der Waals surface area contributed by atoms with Gasteiger partial charge in [-0.1, -0.05) is 59.6 Å². The molecule has 3 N–H and O–H groups in total. The molecule has 2 aromatic carbocycles. The molecule has 1 amide bonds. The maximum atomic E-state index is 11.5. The fourth-order valence-electron chi connectivity index (χ4n) is 6.12. The van der Waals surface area contributed by atoms with Crippen LogP contribution in [0.15, 0.2) is 48.8 Å². The lowest BCUT2D eigenvalue weighted by atomic mass is 9.82. The summed E-state index contributed by atoms with van der Waals surface area (Å²) in [6.45, 7) is 2.52. The van der Waals surface area contributed by atoms with Gasteiger partial charge < -0.3 is 30.2 Å². The Morgan fingerprint density at radius 2 is 1.31 bits per heavy atom. The quantitative estimate of drug-likeness (QED) is 0.156. The van der Waals surface area contributed by atoms with E-state index in [1.54, 1.807) is 33.7 Å². The summed E-state index contributed by atoms with van der Waals surface area (Å²) in [5, 5.41) is 10.7. The van der Waals surface area contributed by atoms with Gasteiger partial charge in [-0.15, -0.1) is 0 Å². The van der Waals surface area contributed by atoms with Crippen LogP contribution in [0.25, 0.3) is 33.6 Å². The zero-order valence-electron chi connectivity index (χ0n) is 27.2. The van der Waals surface area contributed by atoms with E-state index in [0.29, 0.717) is 88.1 Å². The van der Waals surface area contributed by atoms with E-state index in [1.165, 1.54) is 0 Å². The van der Waals surface area contributed by atoms with Gasteiger partial charge >= 0.3 is 0 Å². The lowest BCUT2D eigenvalue weighted by Gasteiger charge is -2.34. The Balaban J connectivity index is 1.19. The molecule has 252 valence electrons. The number of carbonyl (C=O) groups is 1. The Bertz CT molecular complexity index is 1770. The maximum absolute atomic E-state index is 11.5. The number of aromatic nitrogens is 4. The van der Waals surface area contributed by atoms with Crippen LogP contribution in [-0.4, -0.2) is 72.4 Å². The van der Waals surface area contributed by atoms with Gasteiger partial charge in [-0.2, -0.15) is 0 Å². The van der Waals surface area contributed by atoms with Crippen molar-refractivity contribution in [3.05, 3.63) is 70.2 Å². The Kier molecular flexibility index (Phi) is 11.0. The largest absolute Gasteiger partial charge is 0.480 e. The van der Waals surface area contributed by atoms with Crippen molar-refractivity contribution in [2.45, 2.75) is 50.9 Å². The van der Waals surface area contributed by atoms with Crippen molar-refractivity contribution in [2.75, 3.05) is 34.4 Å². The minimum absolute atomic E-state index is 0.0861. The molecule has 13 heteroatoms. The van der Waals surface area contributed by atoms with Gasteiger partial charge in [-0.25, -0.2) is 9.97 Å². The van der Waals surface area contributed by atoms with Crippen molar-refractivity contribution in [2.24, 2.45) is 5.92 Å². The van der Waals surface area contributed by atoms with E-state index in [0.717, 1.165) is 42.6 Å². The number of benzene rings is 2. The second-order valence-electron chi connectivity index (χ2n) is 12.0. The van der Waals surface area contributed by atoms with Crippen molar-refractivity contribution in [1.29, 1.82) is 0 Å². The molecular weight excluding hydrogens is 653 g/mol. The molecule has 6 rings (SSSR count). The Morgan fingerprint density at radius 1 is 0.792 bits per heavy atom. The van der Waals surface area contributed by atoms with Crippen LogP contribution in [0, 0.1) is 5.92 Å². The third-order valence-corrected chi connectivity index (χ3v) is 9.68. The Hall–Kier alpha value is -3.87. The zero-order valence-corrected chi connectivity index (χ0v) is 28.7. The molecule has 2 aromatic heterocycles. The number of rotatable bonds is 14. The van der Waals surface area contributed by atoms with Gasteiger partial charge in [-0.3, -0.25) is 14.8 Å². The van der Waals surface area contributed by atoms with E-state index in [2.05, 4.69) is 25.9 Å². The van der Waals surface area contributed by atoms with Crippen molar-refractivity contribution in [3.8, 4) is 45.4 Å². The zero-order chi connectivity index (χ0) is 33.6. The van der Waals surface area contributed by atoms with Gasteiger partial charge in [-0.05, 0) is 31.7 Å². The highest BCUT2D eigenvalue weighted by Gasteiger charge is 2.28. The van der Waals surface area contributed by atoms with Crippen molar-refractivity contribution in [1.82, 2.24) is 35.9 Å². The van der Waals surface area contributed by atoms with Crippen LogP contribution in [0.2, 0.25) is 10.0 Å². The first-order valence-corrected chi connectivity index (χ1v) is 16.8. The van der Waals surface area contributed by atoms with Crippen LogP contribution in [-0.2, 0) is 22.6 Å². The van der Waals surface area contributed by atoms with Crippen LogP contribution in [0.5, 0.6) is 11.8 Å². The van der Waals surface area contributed by atoms with Crippen molar-refractivity contribution in [3.63, 3.8) is 0 Å². The molecule has 4 aromatic rings. The summed E-state index contributed by atoms with van der Waals surface area (Å²) in [5.74, 6) is 1.53. The highest BCUT2D eigenvalue weighted by atomic mass is 35.5. The number of halogens is 2. The average molecular weight is 693 g/mol. The number of hydrogen-bond acceptors (Lipinski definition) is 10. The summed E-state index contributed by atoms with van der Waals surface area (Å²) >= 11 is 14.1. The molecule has 3 heterocycles. The number of ether oxygens (including phenoxy) is 3. The second-order valence-corrected chi connectivity index (χ2v) is 12.8. The number of hydrogen-bond donors (Lipinski definition) is 3. The molecule has 1 atom stereocenters. The molecule has 1 aliphatic heterocycles. The van der Waals surface area contributed by atoms with E-state index in [9.17, 15) is 4.79 Å².